The second-order valence-electron chi connectivity index (χ2n) is 3.49. The Morgan fingerprint density at radius 2 is 0.649 bits per heavy atom. The molecule has 0 heterocycles. The van der Waals surface area contributed by atoms with Crippen molar-refractivity contribution in [2.45, 2.75) is 32.1 Å². The van der Waals surface area contributed by atoms with Crippen LogP contribution >= 0.6 is 0 Å². The monoisotopic (exact) mass is 592 g/mol. The van der Waals surface area contributed by atoms with Gasteiger partial charge in [-0.05, 0) is 0 Å². The van der Waals surface area contributed by atoms with Gasteiger partial charge in [0.25, 0.3) is 0 Å². The van der Waals surface area contributed by atoms with E-state index in [2.05, 4.69) is 110 Å². The third kappa shape index (κ3) is 181. The van der Waals surface area contributed by atoms with E-state index in [9.17, 15) is 0 Å². The van der Waals surface area contributed by atoms with Crippen LogP contribution in [0.5, 0.6) is 0 Å². The van der Waals surface area contributed by atoms with Crippen molar-refractivity contribution in [3.05, 3.63) is 90.8 Å². The summed E-state index contributed by atoms with van der Waals surface area (Å²) in [7, 11) is 3.33. The van der Waals surface area contributed by atoms with Crippen LogP contribution in [0.4, 0.5) is 0 Å². The summed E-state index contributed by atoms with van der Waals surface area (Å²) in [5, 5.41) is 0. The quantitative estimate of drug-likeness (QED) is 0.212. The molecule has 14 heteroatoms. The molecule has 0 bridgehead atoms. The number of unbranched alkanes of at least 4 members (excludes halogenated alkanes) is 4. The molecule has 196 valence electrons. The van der Waals surface area contributed by atoms with Crippen LogP contribution in [-0.4, -0.2) is 23.4 Å². The van der Waals surface area contributed by atoms with Crippen LogP contribution < -0.4 is 0 Å². The Balaban J connectivity index is -0.0000000314. The number of allylic oxidation sites excluding steroid dienone is 2. The Hall–Kier alpha value is -2.40. The fourth-order valence-electron chi connectivity index (χ4n) is 1.20. The SMILES string of the molecule is CO[C](=[Cr])/C=C/CCCCC/C=C/[C](=[Cr])OC.[C-]#[O+].[C-]#[O+].[C-]#[O+].[C-]#[O+].[C-]#[O+].[C-]#[O+].[C-]#[O+].[C-]#[O+].[C-]#[O+].[C-]#[O+]. The predicted octanol–water partition coefficient (Wildman–Crippen LogP) is 2.32. The number of hydrogen-bond donors (Lipinski definition) is 0. The van der Waals surface area contributed by atoms with Crippen molar-refractivity contribution >= 4 is 9.13 Å². The Bertz CT molecular complexity index is 547. The van der Waals surface area contributed by atoms with E-state index in [0.717, 1.165) is 22.0 Å². The van der Waals surface area contributed by atoms with Crippen molar-refractivity contribution in [2.75, 3.05) is 14.2 Å². The number of rotatable bonds is 10. The first-order valence-electron chi connectivity index (χ1n) is 7.73. The molecule has 12 nitrogen and oxygen atoms in total. The van der Waals surface area contributed by atoms with Crippen LogP contribution in [0, 0.1) is 66.5 Å². The molecule has 0 aliphatic rings. The number of methoxy groups -OCH3 is 2. The predicted molar refractivity (Wildman–Crippen MR) is 105 cm³/mol. The van der Waals surface area contributed by atoms with Crippen LogP contribution in [0.15, 0.2) is 24.3 Å². The molecule has 0 rings (SSSR count). The maximum absolute atomic E-state index is 7.50. The molecule has 0 radical (unpaired) electrons. The third-order valence-corrected chi connectivity index (χ3v) is 3.10. The van der Waals surface area contributed by atoms with E-state index in [1.165, 1.54) is 19.3 Å². The summed E-state index contributed by atoms with van der Waals surface area (Å²) in [5.74, 6) is 0. The minimum absolute atomic E-state index is 0.842. The van der Waals surface area contributed by atoms with E-state index in [0.29, 0.717) is 0 Å². The van der Waals surface area contributed by atoms with Gasteiger partial charge in [0, 0.05) is 0 Å². The Morgan fingerprint density at radius 1 is 0.459 bits per heavy atom. The summed E-state index contributed by atoms with van der Waals surface area (Å²) in [6, 6.07) is 0. The molecule has 0 unspecified atom stereocenters. The van der Waals surface area contributed by atoms with Crippen molar-refractivity contribution in [3.8, 4) is 0 Å². The number of hydrogen-bond acceptors (Lipinski definition) is 2. The summed E-state index contributed by atoms with van der Waals surface area (Å²) in [4.78, 5) is 0. The van der Waals surface area contributed by atoms with Crippen molar-refractivity contribution in [2.24, 2.45) is 0 Å². The summed E-state index contributed by atoms with van der Waals surface area (Å²) in [5.41, 5.74) is 0. The second kappa shape index (κ2) is 167. The van der Waals surface area contributed by atoms with E-state index < -0.39 is 0 Å². The fraction of sp³-hybridized carbons (Fsp3) is 0.304. The Kier molecular flexibility index (Phi) is 317. The molecule has 0 N–H and O–H groups in total. The average Bonchev–Trinajstić information content (AvgIpc) is 3.05. The van der Waals surface area contributed by atoms with Crippen LogP contribution in [-0.2, 0) is 87.7 Å². The normalized spacial score (nSPS) is 5.78. The molecule has 0 saturated carbocycles. The summed E-state index contributed by atoms with van der Waals surface area (Å²) < 4.78 is 86.7. The molecular weight excluding hydrogens is 572 g/mol. The third-order valence-electron chi connectivity index (χ3n) is 2.15. The molecule has 37 heavy (non-hydrogen) atoms. The van der Waals surface area contributed by atoms with E-state index in [4.69, 9.17) is 56.0 Å². The molecule has 0 saturated heterocycles. The first kappa shape index (κ1) is 70.1. The van der Waals surface area contributed by atoms with Crippen molar-refractivity contribution in [1.29, 1.82) is 0 Å². The van der Waals surface area contributed by atoms with Crippen LogP contribution in [0.2, 0.25) is 0 Å². The summed E-state index contributed by atoms with van der Waals surface area (Å²) >= 11 is 5.69. The van der Waals surface area contributed by atoms with Crippen molar-refractivity contribution < 1.29 is 87.7 Å². The van der Waals surface area contributed by atoms with Gasteiger partial charge in [0.05, 0.1) is 0 Å². The van der Waals surface area contributed by atoms with E-state index in [1.807, 2.05) is 12.2 Å². The molecule has 0 aliphatic carbocycles. The van der Waals surface area contributed by atoms with Gasteiger partial charge >= 0.3 is 234 Å². The zero-order chi connectivity index (χ0) is 32.9. The molecule has 0 spiro atoms. The van der Waals surface area contributed by atoms with E-state index in [1.54, 1.807) is 14.2 Å². The minimum atomic E-state index is 0.842. The van der Waals surface area contributed by atoms with Gasteiger partial charge in [-0.15, -0.1) is 0 Å². The standard InChI is InChI=1S/C13H20O2.10CO.2Cr/c1-14-12-10-8-6-4-3-5-7-9-11-13-15-2;10*1-2;;/h8-11H,3-7H2,1-2H3;;;;;;;;;;;;/b10-8+,11-9+;;;;;;;;;;;;. The molecule has 0 aromatic carbocycles. The van der Waals surface area contributed by atoms with E-state index in [-0.39, 0.29) is 0 Å². The first-order chi connectivity index (χ1) is 18.2. The number of ether oxygens (including phenoxy) is 2. The maximum atomic E-state index is 7.50. The molecule has 0 fully saturated rings. The van der Waals surface area contributed by atoms with Crippen molar-refractivity contribution in [3.63, 3.8) is 0 Å². The van der Waals surface area contributed by atoms with Gasteiger partial charge in [-0.2, -0.15) is 0 Å². The zero-order valence-corrected chi connectivity index (χ0v) is 22.1. The molecule has 0 aromatic rings. The second-order valence-corrected chi connectivity index (χ2v) is 4.75. The zero-order valence-electron chi connectivity index (χ0n) is 19.6. The molecule has 0 aliphatic heterocycles. The van der Waals surface area contributed by atoms with Crippen molar-refractivity contribution in [1.82, 2.24) is 0 Å². The van der Waals surface area contributed by atoms with Gasteiger partial charge in [-0.3, -0.25) is 0 Å². The van der Waals surface area contributed by atoms with Gasteiger partial charge in [0.2, 0.25) is 0 Å². The fourth-order valence-corrected chi connectivity index (χ4v) is 1.50. The molecule has 0 aromatic heterocycles. The summed E-state index contributed by atoms with van der Waals surface area (Å²) in [6.07, 6.45) is 14.1. The first-order valence-corrected chi connectivity index (χ1v) is 9.01. The van der Waals surface area contributed by atoms with Gasteiger partial charge in [0.1, 0.15) is 0 Å². The van der Waals surface area contributed by atoms with Crippen LogP contribution in [0.3, 0.4) is 0 Å². The molecular formula is C23H20Cr2O12. The summed E-state index contributed by atoms with van der Waals surface area (Å²) in [6.45, 7) is 45.0. The Labute approximate surface area is 233 Å². The van der Waals surface area contributed by atoms with E-state index >= 15 is 0 Å². The van der Waals surface area contributed by atoms with Gasteiger partial charge in [-0.1, -0.05) is 0 Å². The average molecular weight is 592 g/mol. The van der Waals surface area contributed by atoms with Gasteiger partial charge in [-0.25, -0.2) is 0 Å². The van der Waals surface area contributed by atoms with Gasteiger partial charge < -0.3 is 0 Å². The molecule has 0 amide bonds. The molecule has 0 atom stereocenters. The van der Waals surface area contributed by atoms with Crippen LogP contribution in [0.1, 0.15) is 32.1 Å². The Morgan fingerprint density at radius 3 is 0.811 bits per heavy atom. The topological polar surface area (TPSA) is 217 Å². The van der Waals surface area contributed by atoms with Crippen LogP contribution in [0.25, 0.3) is 0 Å². The van der Waals surface area contributed by atoms with Gasteiger partial charge in [0.15, 0.2) is 0 Å².